The molecule has 2 heterocycles. The number of likely N-dealkylation sites (tertiary alicyclic amines) is 1. The second kappa shape index (κ2) is 12.5. The van der Waals surface area contributed by atoms with Crippen molar-refractivity contribution in [3.8, 4) is 5.75 Å². The first-order valence-corrected chi connectivity index (χ1v) is 18.8. The largest absolute Gasteiger partial charge is 0.388 e. The second-order valence-electron chi connectivity index (χ2n) is 14.9. The lowest BCUT2D eigenvalue weighted by molar-refractivity contribution is -0.146. The van der Waals surface area contributed by atoms with Crippen LogP contribution in [-0.2, 0) is 32.7 Å². The summed E-state index contributed by atoms with van der Waals surface area (Å²) >= 11 is 0. The van der Waals surface area contributed by atoms with E-state index >= 15 is 0 Å². The molecule has 11 heteroatoms. The molecule has 2 saturated heterocycles. The Labute approximate surface area is 278 Å². The van der Waals surface area contributed by atoms with Crippen LogP contribution in [0.1, 0.15) is 74.5 Å². The number of benzene rings is 2. The van der Waals surface area contributed by atoms with Crippen LogP contribution < -0.4 is 9.32 Å². The molecule has 0 radical (unpaired) electrons. The molecule has 254 valence electrons. The van der Waals surface area contributed by atoms with Gasteiger partial charge in [0.1, 0.15) is 11.8 Å². The SMILES string of the molecule is C[C@]12CC[C@@H]3c4ccc(OS(N)(=O)=O)cc4CC[C@H]3[C@@H]1CC[C@@]2(O)CN1CCN(C(=O)[C@@H]2CCCN2C(=O)Cc2ccccc2)CC1. The average molecular weight is 665 g/mol. The zero-order valence-electron chi connectivity index (χ0n) is 27.4. The number of amides is 2. The first-order valence-electron chi connectivity index (χ1n) is 17.4. The van der Waals surface area contributed by atoms with Gasteiger partial charge < -0.3 is 19.1 Å². The van der Waals surface area contributed by atoms with Gasteiger partial charge in [-0.1, -0.05) is 43.3 Å². The van der Waals surface area contributed by atoms with Gasteiger partial charge in [-0.05, 0) is 97.9 Å². The van der Waals surface area contributed by atoms with Crippen molar-refractivity contribution in [3.63, 3.8) is 0 Å². The maximum atomic E-state index is 13.6. The van der Waals surface area contributed by atoms with Crippen LogP contribution in [0.3, 0.4) is 0 Å². The number of aryl methyl sites for hydroxylation is 1. The Hall–Kier alpha value is -2.99. The lowest BCUT2D eigenvalue weighted by Crippen LogP contribution is -2.60. The number of fused-ring (bicyclic) bond motifs is 5. The van der Waals surface area contributed by atoms with Crippen molar-refractivity contribution >= 4 is 22.1 Å². The van der Waals surface area contributed by atoms with E-state index in [1.807, 2.05) is 47.4 Å². The maximum absolute atomic E-state index is 13.6. The van der Waals surface area contributed by atoms with Gasteiger partial charge in [-0.3, -0.25) is 14.5 Å². The Bertz CT molecular complexity index is 1610. The van der Waals surface area contributed by atoms with E-state index in [0.717, 1.165) is 75.6 Å². The summed E-state index contributed by atoms with van der Waals surface area (Å²) in [6.45, 7) is 6.24. The fourth-order valence-electron chi connectivity index (χ4n) is 10.0. The highest BCUT2D eigenvalue weighted by atomic mass is 32.2. The zero-order chi connectivity index (χ0) is 33.0. The predicted octanol–water partition coefficient (Wildman–Crippen LogP) is 3.23. The van der Waals surface area contributed by atoms with Crippen molar-refractivity contribution in [2.75, 3.05) is 39.3 Å². The molecule has 4 fully saturated rings. The van der Waals surface area contributed by atoms with Gasteiger partial charge in [0.05, 0.1) is 12.0 Å². The molecule has 0 aromatic heterocycles. The van der Waals surface area contributed by atoms with Crippen LogP contribution in [0.15, 0.2) is 48.5 Å². The highest BCUT2D eigenvalue weighted by Crippen LogP contribution is 2.64. The molecule has 10 nitrogen and oxygen atoms in total. The molecule has 2 amide bonds. The fourth-order valence-corrected chi connectivity index (χ4v) is 10.4. The number of β-amino-alcohol motifs (C(OH)–C–C–N with tert-alkyl or cyclic N) is 1. The number of nitrogens with two attached hydrogens (primary N) is 1. The van der Waals surface area contributed by atoms with Gasteiger partial charge in [-0.15, -0.1) is 0 Å². The van der Waals surface area contributed by atoms with E-state index in [9.17, 15) is 23.1 Å². The van der Waals surface area contributed by atoms with E-state index in [1.54, 1.807) is 11.0 Å². The highest BCUT2D eigenvalue weighted by molar-refractivity contribution is 7.84. The quantitative estimate of drug-likeness (QED) is 0.465. The minimum Gasteiger partial charge on any atom is -0.388 e. The third kappa shape index (κ3) is 6.20. The minimum atomic E-state index is -4.06. The van der Waals surface area contributed by atoms with E-state index in [1.165, 1.54) is 5.56 Å². The van der Waals surface area contributed by atoms with Crippen LogP contribution in [0.2, 0.25) is 0 Å². The van der Waals surface area contributed by atoms with Gasteiger partial charge in [0.15, 0.2) is 0 Å². The normalized spacial score (nSPS) is 32.4. The summed E-state index contributed by atoms with van der Waals surface area (Å²) in [5, 5.41) is 17.4. The molecular formula is C36H48N4O6S. The Morgan fingerprint density at radius 1 is 0.979 bits per heavy atom. The number of aliphatic hydroxyl groups is 1. The van der Waals surface area contributed by atoms with Gasteiger partial charge in [0.25, 0.3) is 0 Å². The molecule has 5 aliphatic rings. The third-order valence-electron chi connectivity index (χ3n) is 12.5. The van der Waals surface area contributed by atoms with Crippen LogP contribution in [0.4, 0.5) is 0 Å². The molecule has 2 aromatic rings. The molecule has 6 atom stereocenters. The summed E-state index contributed by atoms with van der Waals surface area (Å²) in [5.74, 6) is 1.65. The van der Waals surface area contributed by atoms with Crippen LogP contribution >= 0.6 is 0 Å². The average Bonchev–Trinajstić information content (AvgIpc) is 3.63. The van der Waals surface area contributed by atoms with Gasteiger partial charge in [0, 0.05) is 44.7 Å². The van der Waals surface area contributed by atoms with Gasteiger partial charge in [-0.2, -0.15) is 13.6 Å². The predicted molar refractivity (Wildman–Crippen MR) is 178 cm³/mol. The van der Waals surface area contributed by atoms with Gasteiger partial charge in [-0.25, -0.2) is 0 Å². The monoisotopic (exact) mass is 664 g/mol. The number of nitrogens with zero attached hydrogens (tertiary/aromatic N) is 3. The Morgan fingerprint density at radius 3 is 2.49 bits per heavy atom. The van der Waals surface area contributed by atoms with Gasteiger partial charge >= 0.3 is 10.3 Å². The number of rotatable bonds is 7. The van der Waals surface area contributed by atoms with Crippen LogP contribution in [0, 0.1) is 17.3 Å². The Balaban J connectivity index is 0.958. The molecule has 0 spiro atoms. The number of piperazine rings is 1. The fraction of sp³-hybridized carbons (Fsp3) is 0.611. The lowest BCUT2D eigenvalue weighted by Gasteiger charge is -2.54. The Morgan fingerprint density at radius 2 is 1.74 bits per heavy atom. The molecule has 2 aliphatic heterocycles. The highest BCUT2D eigenvalue weighted by Gasteiger charge is 2.61. The van der Waals surface area contributed by atoms with Crippen molar-refractivity contribution in [2.24, 2.45) is 22.4 Å². The first kappa shape index (κ1) is 32.6. The number of carbonyl (C=O) groups excluding carboxylic acids is 2. The number of hydrogen-bond donors (Lipinski definition) is 2. The van der Waals surface area contributed by atoms with Crippen molar-refractivity contribution < 1.29 is 27.3 Å². The summed E-state index contributed by atoms with van der Waals surface area (Å²) in [5.41, 5.74) is 2.42. The molecule has 0 bridgehead atoms. The summed E-state index contributed by atoms with van der Waals surface area (Å²) in [6.07, 6.45) is 7.48. The lowest BCUT2D eigenvalue weighted by atomic mass is 9.53. The molecule has 47 heavy (non-hydrogen) atoms. The van der Waals surface area contributed by atoms with E-state index in [2.05, 4.69) is 11.8 Å². The summed E-state index contributed by atoms with van der Waals surface area (Å²) < 4.78 is 27.8. The van der Waals surface area contributed by atoms with E-state index in [0.29, 0.717) is 50.4 Å². The van der Waals surface area contributed by atoms with E-state index in [-0.39, 0.29) is 29.0 Å². The minimum absolute atomic E-state index is 0.0222. The zero-order valence-corrected chi connectivity index (χ0v) is 28.2. The second-order valence-corrected chi connectivity index (χ2v) is 16.0. The van der Waals surface area contributed by atoms with Crippen molar-refractivity contribution in [1.29, 1.82) is 0 Å². The molecular weight excluding hydrogens is 616 g/mol. The molecule has 0 unspecified atom stereocenters. The number of hydrogen-bond acceptors (Lipinski definition) is 7. The van der Waals surface area contributed by atoms with E-state index < -0.39 is 15.9 Å². The molecule has 2 saturated carbocycles. The molecule has 7 rings (SSSR count). The first-order chi connectivity index (χ1) is 22.4. The molecule has 3 aliphatic carbocycles. The third-order valence-corrected chi connectivity index (χ3v) is 12.9. The Kier molecular flexibility index (Phi) is 8.64. The topological polar surface area (TPSA) is 133 Å². The van der Waals surface area contributed by atoms with Crippen LogP contribution in [-0.4, -0.2) is 90.9 Å². The smallest absolute Gasteiger partial charge is 0.380 e. The summed E-state index contributed by atoms with van der Waals surface area (Å²) in [7, 11) is -4.06. The number of carbonyl (C=O) groups is 2. The maximum Gasteiger partial charge on any atom is 0.380 e. The summed E-state index contributed by atoms with van der Waals surface area (Å²) in [4.78, 5) is 32.9. The van der Waals surface area contributed by atoms with Crippen LogP contribution in [0.5, 0.6) is 5.75 Å². The van der Waals surface area contributed by atoms with E-state index in [4.69, 9.17) is 9.32 Å². The van der Waals surface area contributed by atoms with Crippen molar-refractivity contribution in [1.82, 2.24) is 14.7 Å². The van der Waals surface area contributed by atoms with Crippen molar-refractivity contribution in [2.45, 2.75) is 82.3 Å². The standard InChI is InChI=1S/C36H48N4O6S/c1-35-15-13-29-28-12-10-27(46-47(37,44)45)23-26(28)9-11-30(29)31(35)14-16-36(35,43)24-38-18-20-39(21-19-38)34(42)32-8-5-17-40(32)33(41)22-25-6-3-2-4-7-25/h2-4,6-7,10,12,23,29-32,43H,5,8-9,11,13-22,24H2,1H3,(H2,37,44,45)/t29-,30-,31+,32+,35+,36-/m1/s1. The van der Waals surface area contributed by atoms with Crippen molar-refractivity contribution in [3.05, 3.63) is 65.2 Å². The van der Waals surface area contributed by atoms with Crippen LogP contribution in [0.25, 0.3) is 0 Å². The van der Waals surface area contributed by atoms with Gasteiger partial charge in [0.2, 0.25) is 11.8 Å². The molecule has 3 N–H and O–H groups in total. The summed E-state index contributed by atoms with van der Waals surface area (Å²) in [6, 6.07) is 14.9. The molecule has 2 aromatic carbocycles.